The number of hydrogen-bond acceptors (Lipinski definition) is 7. The molecule has 3 rings (SSSR count). The fourth-order valence-corrected chi connectivity index (χ4v) is 4.78. The number of halogens is 3. The highest BCUT2D eigenvalue weighted by Gasteiger charge is 2.28. The molecule has 0 saturated carbocycles. The van der Waals surface area contributed by atoms with Crippen molar-refractivity contribution in [2.45, 2.75) is 26.2 Å². The number of carbonyl (C=O) groups excluding carboxylic acids is 2. The van der Waals surface area contributed by atoms with Gasteiger partial charge in [0.2, 0.25) is 5.91 Å². The molecule has 3 N–H and O–H groups in total. The summed E-state index contributed by atoms with van der Waals surface area (Å²) in [6, 6.07) is 18.1. The Morgan fingerprint density at radius 2 is 1.82 bits per heavy atom. The highest BCUT2D eigenvalue weighted by molar-refractivity contribution is 7.07. The number of amides is 2. The van der Waals surface area contributed by atoms with Crippen molar-refractivity contribution in [3.05, 3.63) is 79.7 Å². The standard InChI is InChI=1S/C27H27F3N6O3S/c1-3-36-25(39)22(40-26(36)21(13-31)24(38)33-17-27(28,29)30)14-32-19-10-7-11-20(12-19)34-23(37)16-35(2)15-18-8-5-4-6-9-18/h4-12,14,32H,3,15-17H2,1-2H3,(H,33,38)(H,34,37). The molecular weight excluding hydrogens is 545 g/mol. The van der Waals surface area contributed by atoms with E-state index in [0.717, 1.165) is 21.5 Å². The molecule has 0 aliphatic heterocycles. The fourth-order valence-electron chi connectivity index (χ4n) is 3.69. The Kier molecular flexibility index (Phi) is 10.2. The number of aromatic nitrogens is 1. The molecule has 40 heavy (non-hydrogen) atoms. The lowest BCUT2D eigenvalue weighted by molar-refractivity contribution is -0.135. The summed E-state index contributed by atoms with van der Waals surface area (Å²) in [5.41, 5.74) is 1.04. The Labute approximate surface area is 231 Å². The average Bonchev–Trinajstić information content (AvgIpc) is 3.21. The maximum Gasteiger partial charge on any atom is 0.405 e. The molecule has 0 aliphatic rings. The van der Waals surface area contributed by atoms with E-state index in [0.29, 0.717) is 17.9 Å². The van der Waals surface area contributed by atoms with Gasteiger partial charge in [0.15, 0.2) is 5.57 Å². The lowest BCUT2D eigenvalue weighted by atomic mass is 10.2. The first-order chi connectivity index (χ1) is 19.0. The number of nitrogens with zero attached hydrogens (tertiary/aromatic N) is 3. The predicted octanol–water partition coefficient (Wildman–Crippen LogP) is 2.20. The third kappa shape index (κ3) is 8.55. The minimum Gasteiger partial charge on any atom is -0.360 e. The summed E-state index contributed by atoms with van der Waals surface area (Å²) in [6.07, 6.45) is -3.27. The Hall–Kier alpha value is -4.41. The van der Waals surface area contributed by atoms with Crippen LogP contribution in [0.2, 0.25) is 0 Å². The maximum atomic E-state index is 12.9. The van der Waals surface area contributed by atoms with Gasteiger partial charge in [-0.3, -0.25) is 23.9 Å². The summed E-state index contributed by atoms with van der Waals surface area (Å²) in [5, 5.41) is 16.9. The normalized spacial score (nSPS) is 12.6. The van der Waals surface area contributed by atoms with Crippen LogP contribution in [-0.2, 0) is 22.7 Å². The molecule has 0 aliphatic carbocycles. The van der Waals surface area contributed by atoms with Gasteiger partial charge in [-0.05, 0) is 37.7 Å². The number of anilines is 2. The van der Waals surface area contributed by atoms with Gasteiger partial charge in [-0.1, -0.05) is 36.4 Å². The van der Waals surface area contributed by atoms with E-state index in [2.05, 4.69) is 10.6 Å². The van der Waals surface area contributed by atoms with Gasteiger partial charge in [0, 0.05) is 30.7 Å². The summed E-state index contributed by atoms with van der Waals surface area (Å²) >= 11 is 0.802. The highest BCUT2D eigenvalue weighted by Crippen LogP contribution is 2.15. The molecule has 0 bridgehead atoms. The lowest BCUT2D eigenvalue weighted by Crippen LogP contribution is -2.37. The van der Waals surface area contributed by atoms with Gasteiger partial charge in [0.25, 0.3) is 11.5 Å². The number of rotatable bonds is 10. The van der Waals surface area contributed by atoms with Gasteiger partial charge >= 0.3 is 6.18 Å². The molecule has 0 saturated heterocycles. The first-order valence-corrected chi connectivity index (χ1v) is 12.9. The van der Waals surface area contributed by atoms with Crippen LogP contribution >= 0.6 is 11.3 Å². The zero-order valence-electron chi connectivity index (χ0n) is 21.7. The van der Waals surface area contributed by atoms with Gasteiger partial charge in [-0.15, -0.1) is 11.3 Å². The van der Waals surface area contributed by atoms with Crippen molar-refractivity contribution in [3.8, 4) is 6.07 Å². The van der Waals surface area contributed by atoms with Crippen molar-refractivity contribution in [3.63, 3.8) is 0 Å². The summed E-state index contributed by atoms with van der Waals surface area (Å²) in [4.78, 5) is 39.5. The quantitative estimate of drug-likeness (QED) is 0.343. The van der Waals surface area contributed by atoms with Crippen LogP contribution < -0.4 is 30.7 Å². The van der Waals surface area contributed by atoms with Crippen molar-refractivity contribution < 1.29 is 22.8 Å². The molecule has 13 heteroatoms. The van der Waals surface area contributed by atoms with Gasteiger partial charge in [-0.2, -0.15) is 18.4 Å². The molecule has 2 aromatic carbocycles. The molecule has 210 valence electrons. The molecule has 0 fully saturated rings. The molecule has 0 spiro atoms. The first kappa shape index (κ1) is 30.1. The summed E-state index contributed by atoms with van der Waals surface area (Å²) in [7, 11) is 1.84. The second-order valence-corrected chi connectivity index (χ2v) is 9.71. The van der Waals surface area contributed by atoms with Crippen LogP contribution in [-0.4, -0.2) is 47.6 Å². The summed E-state index contributed by atoms with van der Waals surface area (Å²) in [5.74, 6) is -1.43. The molecule has 0 atom stereocenters. The molecule has 2 amide bonds. The van der Waals surface area contributed by atoms with Crippen LogP contribution in [0.4, 0.5) is 24.5 Å². The van der Waals surface area contributed by atoms with Gasteiger partial charge in [-0.25, -0.2) is 0 Å². The third-order valence-corrected chi connectivity index (χ3v) is 6.58. The van der Waals surface area contributed by atoms with Crippen LogP contribution in [0.1, 0.15) is 12.5 Å². The highest BCUT2D eigenvalue weighted by atomic mass is 32.1. The molecule has 1 aromatic heterocycles. The van der Waals surface area contributed by atoms with Crippen LogP contribution in [0.3, 0.4) is 0 Å². The van der Waals surface area contributed by atoms with E-state index in [-0.39, 0.29) is 28.2 Å². The van der Waals surface area contributed by atoms with E-state index in [4.69, 9.17) is 0 Å². The van der Waals surface area contributed by atoms with E-state index in [1.54, 1.807) is 42.6 Å². The number of nitrogens with one attached hydrogen (secondary N) is 3. The van der Waals surface area contributed by atoms with Crippen molar-refractivity contribution in [2.75, 3.05) is 30.8 Å². The fraction of sp³-hybridized carbons (Fsp3) is 0.259. The number of benzene rings is 2. The molecule has 9 nitrogen and oxygen atoms in total. The van der Waals surface area contributed by atoms with Crippen LogP contribution in [0, 0.1) is 11.3 Å². The van der Waals surface area contributed by atoms with E-state index in [1.165, 1.54) is 6.20 Å². The minimum absolute atomic E-state index is 0.0524. The zero-order valence-corrected chi connectivity index (χ0v) is 22.5. The molecule has 0 unspecified atom stereocenters. The largest absolute Gasteiger partial charge is 0.405 e. The molecule has 3 aromatic rings. The number of carbonyl (C=O) groups is 2. The smallest absolute Gasteiger partial charge is 0.360 e. The van der Waals surface area contributed by atoms with E-state index in [1.807, 2.05) is 42.3 Å². The van der Waals surface area contributed by atoms with E-state index >= 15 is 0 Å². The van der Waals surface area contributed by atoms with E-state index < -0.39 is 29.8 Å². The Morgan fingerprint density at radius 1 is 1.12 bits per heavy atom. The minimum atomic E-state index is -4.65. The monoisotopic (exact) mass is 572 g/mol. The van der Waals surface area contributed by atoms with Crippen molar-refractivity contribution in [1.82, 2.24) is 14.8 Å². The Bertz CT molecular complexity index is 1580. The van der Waals surface area contributed by atoms with E-state index in [9.17, 15) is 32.8 Å². The van der Waals surface area contributed by atoms with Gasteiger partial charge < -0.3 is 16.0 Å². The van der Waals surface area contributed by atoms with Gasteiger partial charge in [0.05, 0.1) is 6.54 Å². The van der Waals surface area contributed by atoms with Crippen molar-refractivity contribution >= 4 is 46.3 Å². The second kappa shape index (κ2) is 13.6. The Balaban J connectivity index is 1.75. The molecule has 1 heterocycles. The third-order valence-electron chi connectivity index (χ3n) is 5.45. The average molecular weight is 573 g/mol. The van der Waals surface area contributed by atoms with Crippen molar-refractivity contribution in [2.24, 2.45) is 0 Å². The van der Waals surface area contributed by atoms with Crippen molar-refractivity contribution in [1.29, 1.82) is 5.26 Å². The number of nitriles is 1. The SMILES string of the molecule is CCn1c(=C(C#N)C(=O)NCC(F)(F)F)sc(=CNc2cccc(NC(=O)CN(C)Cc3ccccc3)c2)c1=O. The maximum absolute atomic E-state index is 12.9. The topological polar surface area (TPSA) is 119 Å². The first-order valence-electron chi connectivity index (χ1n) is 12.1. The zero-order chi connectivity index (χ0) is 29.3. The summed E-state index contributed by atoms with van der Waals surface area (Å²) in [6.45, 7) is 0.881. The summed E-state index contributed by atoms with van der Waals surface area (Å²) < 4.78 is 38.7. The Morgan fingerprint density at radius 3 is 2.48 bits per heavy atom. The number of likely N-dealkylation sites (N-methyl/N-ethyl adjacent to an activating group) is 1. The van der Waals surface area contributed by atoms with Crippen LogP contribution in [0.15, 0.2) is 59.4 Å². The number of alkyl halides is 3. The molecular formula is C27H27F3N6O3S. The lowest BCUT2D eigenvalue weighted by Gasteiger charge is -2.16. The number of hydrogen-bond donors (Lipinski definition) is 3. The van der Waals surface area contributed by atoms with Crippen LogP contribution in [0.25, 0.3) is 11.8 Å². The predicted molar refractivity (Wildman–Crippen MR) is 148 cm³/mol. The van der Waals surface area contributed by atoms with Crippen LogP contribution in [0.5, 0.6) is 0 Å². The second-order valence-electron chi connectivity index (χ2n) is 8.68. The van der Waals surface area contributed by atoms with Gasteiger partial charge in [0.1, 0.15) is 21.8 Å². The molecule has 0 radical (unpaired) electrons. The number of thiazole rings is 1.